The lowest BCUT2D eigenvalue weighted by atomic mass is 10.0. The number of fused-ring (bicyclic) bond motifs is 1. The molecule has 4 nitrogen and oxygen atoms in total. The molecule has 0 aliphatic carbocycles. The summed E-state index contributed by atoms with van der Waals surface area (Å²) in [5.41, 5.74) is 8.88. The molecule has 1 saturated heterocycles. The smallest absolute Gasteiger partial charge is 0.109 e. The fourth-order valence-corrected chi connectivity index (χ4v) is 3.02. The Bertz CT molecular complexity index is 585. The number of anilines is 1. The highest BCUT2D eigenvalue weighted by Crippen LogP contribution is 2.24. The first-order valence-electron chi connectivity index (χ1n) is 7.60. The lowest BCUT2D eigenvalue weighted by Crippen LogP contribution is -2.23. The van der Waals surface area contributed by atoms with Crippen LogP contribution in [0, 0.1) is 5.92 Å². The summed E-state index contributed by atoms with van der Waals surface area (Å²) in [6.07, 6.45) is 4.55. The monoisotopic (exact) mass is 273 g/mol. The molecule has 2 heterocycles. The largest absolute Gasteiger partial charge is 0.399 e. The van der Waals surface area contributed by atoms with Crippen molar-refractivity contribution >= 4 is 16.7 Å². The molecule has 0 spiro atoms. The molecule has 1 unspecified atom stereocenters. The molecular weight excluding hydrogens is 250 g/mol. The Labute approximate surface area is 119 Å². The second kappa shape index (κ2) is 5.83. The van der Waals surface area contributed by atoms with Gasteiger partial charge in [-0.2, -0.15) is 0 Å². The molecule has 4 heteroatoms. The van der Waals surface area contributed by atoms with Gasteiger partial charge < -0.3 is 15.0 Å². The van der Waals surface area contributed by atoms with E-state index in [0.717, 1.165) is 43.8 Å². The maximum Gasteiger partial charge on any atom is 0.109 e. The summed E-state index contributed by atoms with van der Waals surface area (Å²) in [4.78, 5) is 4.77. The summed E-state index contributed by atoms with van der Waals surface area (Å²) in [5.74, 6) is 1.79. The number of aromatic nitrogens is 2. The molecule has 20 heavy (non-hydrogen) atoms. The van der Waals surface area contributed by atoms with E-state index in [1.54, 1.807) is 0 Å². The van der Waals surface area contributed by atoms with E-state index in [-0.39, 0.29) is 0 Å². The average molecular weight is 273 g/mol. The Morgan fingerprint density at radius 1 is 1.45 bits per heavy atom. The van der Waals surface area contributed by atoms with Crippen molar-refractivity contribution in [1.29, 1.82) is 0 Å². The van der Waals surface area contributed by atoms with Crippen LogP contribution in [0.4, 0.5) is 5.69 Å². The van der Waals surface area contributed by atoms with Crippen LogP contribution < -0.4 is 5.73 Å². The number of hydrogen-bond acceptors (Lipinski definition) is 3. The maximum absolute atomic E-state index is 5.87. The molecule has 3 rings (SSSR count). The first-order valence-corrected chi connectivity index (χ1v) is 7.60. The highest BCUT2D eigenvalue weighted by Gasteiger charge is 2.18. The quantitative estimate of drug-likeness (QED) is 0.871. The van der Waals surface area contributed by atoms with Crippen molar-refractivity contribution in [1.82, 2.24) is 9.55 Å². The van der Waals surface area contributed by atoms with Gasteiger partial charge >= 0.3 is 0 Å². The van der Waals surface area contributed by atoms with Crippen molar-refractivity contribution in [3.05, 3.63) is 24.0 Å². The zero-order chi connectivity index (χ0) is 13.9. The lowest BCUT2D eigenvalue weighted by Gasteiger charge is -2.23. The first-order chi connectivity index (χ1) is 9.78. The molecule has 108 valence electrons. The molecule has 2 N–H and O–H groups in total. The normalized spacial score (nSPS) is 19.6. The van der Waals surface area contributed by atoms with Crippen molar-refractivity contribution < 1.29 is 4.74 Å². The molecule has 0 radical (unpaired) electrons. The number of ether oxygens (including phenoxy) is 1. The van der Waals surface area contributed by atoms with E-state index in [1.807, 2.05) is 12.1 Å². The van der Waals surface area contributed by atoms with E-state index in [9.17, 15) is 0 Å². The number of aryl methyl sites for hydroxylation is 1. The number of imidazole rings is 1. The maximum atomic E-state index is 5.87. The average Bonchev–Trinajstić information content (AvgIpc) is 2.77. The van der Waals surface area contributed by atoms with Gasteiger partial charge in [-0.15, -0.1) is 0 Å². The number of benzene rings is 1. The predicted octanol–water partition coefficient (Wildman–Crippen LogP) is 3.00. The van der Waals surface area contributed by atoms with Crippen LogP contribution in [-0.4, -0.2) is 22.8 Å². The Kier molecular flexibility index (Phi) is 3.92. The van der Waals surface area contributed by atoms with Gasteiger partial charge in [-0.1, -0.05) is 6.92 Å². The molecule has 1 atom stereocenters. The van der Waals surface area contributed by atoms with Gasteiger partial charge in [0.2, 0.25) is 0 Å². The molecule has 1 aromatic heterocycles. The van der Waals surface area contributed by atoms with Gasteiger partial charge in [0.15, 0.2) is 0 Å². The van der Waals surface area contributed by atoms with Crippen molar-refractivity contribution in [3.8, 4) is 0 Å². The molecular formula is C16H23N3O. The van der Waals surface area contributed by atoms with Crippen LogP contribution in [0.1, 0.15) is 32.0 Å². The van der Waals surface area contributed by atoms with Gasteiger partial charge in [0.05, 0.1) is 17.6 Å². The van der Waals surface area contributed by atoms with Crippen LogP contribution in [0.2, 0.25) is 0 Å². The summed E-state index contributed by atoms with van der Waals surface area (Å²) < 4.78 is 7.98. The predicted molar refractivity (Wildman–Crippen MR) is 81.7 cm³/mol. The van der Waals surface area contributed by atoms with E-state index < -0.39 is 0 Å². The number of nitrogen functional groups attached to an aromatic ring is 1. The second-order valence-corrected chi connectivity index (χ2v) is 5.72. The van der Waals surface area contributed by atoms with E-state index in [2.05, 4.69) is 17.6 Å². The molecule has 0 saturated carbocycles. The fourth-order valence-electron chi connectivity index (χ4n) is 3.02. The molecule has 0 amide bonds. The molecule has 1 aliphatic heterocycles. The molecule has 1 aromatic carbocycles. The fraction of sp³-hybridized carbons (Fsp3) is 0.562. The third-order valence-electron chi connectivity index (χ3n) is 4.02. The van der Waals surface area contributed by atoms with Gasteiger partial charge in [0.25, 0.3) is 0 Å². The van der Waals surface area contributed by atoms with Crippen molar-refractivity contribution in [2.75, 3.05) is 18.9 Å². The Balaban J connectivity index is 1.95. The topological polar surface area (TPSA) is 53.1 Å². The third-order valence-corrected chi connectivity index (χ3v) is 4.02. The summed E-state index contributed by atoms with van der Waals surface area (Å²) >= 11 is 0. The standard InChI is InChI=1S/C16H23N3O/c1-2-4-16-18-14-9-13(17)6-7-15(14)19(16)10-12-5-3-8-20-11-12/h6-7,9,12H,2-5,8,10-11,17H2,1H3. The molecule has 1 fully saturated rings. The van der Waals surface area contributed by atoms with Crippen LogP contribution in [-0.2, 0) is 17.7 Å². The van der Waals surface area contributed by atoms with Gasteiger partial charge in [0, 0.05) is 31.2 Å². The van der Waals surface area contributed by atoms with Gasteiger partial charge in [-0.05, 0) is 37.5 Å². The minimum atomic E-state index is 0.606. The summed E-state index contributed by atoms with van der Waals surface area (Å²) in [6, 6.07) is 6.04. The molecule has 0 bridgehead atoms. The Morgan fingerprint density at radius 3 is 3.10 bits per heavy atom. The number of hydrogen-bond donors (Lipinski definition) is 1. The van der Waals surface area contributed by atoms with E-state index in [1.165, 1.54) is 24.2 Å². The van der Waals surface area contributed by atoms with Crippen molar-refractivity contribution in [2.45, 2.75) is 39.2 Å². The second-order valence-electron chi connectivity index (χ2n) is 5.72. The number of nitrogens with zero attached hydrogens (tertiary/aromatic N) is 2. The minimum absolute atomic E-state index is 0.606. The van der Waals surface area contributed by atoms with Crippen LogP contribution in [0.3, 0.4) is 0 Å². The SMILES string of the molecule is CCCc1nc2cc(N)ccc2n1CC1CCCOC1. The van der Waals surface area contributed by atoms with Crippen molar-refractivity contribution in [2.24, 2.45) is 5.92 Å². The zero-order valence-electron chi connectivity index (χ0n) is 12.1. The van der Waals surface area contributed by atoms with Gasteiger partial charge in [0.1, 0.15) is 5.82 Å². The van der Waals surface area contributed by atoms with Gasteiger partial charge in [-0.3, -0.25) is 0 Å². The third kappa shape index (κ3) is 2.66. The lowest BCUT2D eigenvalue weighted by molar-refractivity contribution is 0.0485. The Morgan fingerprint density at radius 2 is 2.35 bits per heavy atom. The van der Waals surface area contributed by atoms with Crippen LogP contribution in [0.25, 0.3) is 11.0 Å². The van der Waals surface area contributed by atoms with E-state index in [4.69, 9.17) is 15.5 Å². The van der Waals surface area contributed by atoms with Gasteiger partial charge in [-0.25, -0.2) is 4.98 Å². The van der Waals surface area contributed by atoms with E-state index in [0.29, 0.717) is 5.92 Å². The zero-order valence-corrected chi connectivity index (χ0v) is 12.1. The highest BCUT2D eigenvalue weighted by atomic mass is 16.5. The van der Waals surface area contributed by atoms with Crippen molar-refractivity contribution in [3.63, 3.8) is 0 Å². The van der Waals surface area contributed by atoms with Crippen LogP contribution in [0.15, 0.2) is 18.2 Å². The summed E-state index contributed by atoms with van der Waals surface area (Å²) in [6.45, 7) is 5.00. The summed E-state index contributed by atoms with van der Waals surface area (Å²) in [5, 5.41) is 0. The number of rotatable bonds is 4. The number of nitrogens with two attached hydrogens (primary N) is 1. The van der Waals surface area contributed by atoms with E-state index >= 15 is 0 Å². The first kappa shape index (κ1) is 13.4. The van der Waals surface area contributed by atoms with Crippen LogP contribution in [0.5, 0.6) is 0 Å². The van der Waals surface area contributed by atoms with Crippen LogP contribution >= 0.6 is 0 Å². The summed E-state index contributed by atoms with van der Waals surface area (Å²) in [7, 11) is 0. The molecule has 1 aliphatic rings. The minimum Gasteiger partial charge on any atom is -0.399 e. The highest BCUT2D eigenvalue weighted by molar-refractivity contribution is 5.79. The Hall–Kier alpha value is -1.55. The molecule has 2 aromatic rings.